The summed E-state index contributed by atoms with van der Waals surface area (Å²) in [4.78, 5) is 11.5. The van der Waals surface area contributed by atoms with E-state index in [1.54, 1.807) is 18.2 Å². The van der Waals surface area contributed by atoms with Crippen LogP contribution in [0.4, 0.5) is 4.79 Å². The predicted octanol–water partition coefficient (Wildman–Crippen LogP) is 3.55. The Morgan fingerprint density at radius 1 is 1.24 bits per heavy atom. The van der Waals surface area contributed by atoms with Crippen LogP contribution in [0, 0.1) is 0 Å². The predicted molar refractivity (Wildman–Crippen MR) is 71.7 cm³/mol. The molecular formula is C12H16Cl2N2O. The highest BCUT2D eigenvalue weighted by Crippen LogP contribution is 2.27. The summed E-state index contributed by atoms with van der Waals surface area (Å²) in [6.45, 7) is 6.23. The van der Waals surface area contributed by atoms with Gasteiger partial charge in [-0.1, -0.05) is 23.2 Å². The van der Waals surface area contributed by atoms with Crippen LogP contribution in [-0.4, -0.2) is 12.6 Å². The summed E-state index contributed by atoms with van der Waals surface area (Å²) in [5.74, 6) is 0. The lowest BCUT2D eigenvalue weighted by molar-refractivity contribution is 0.230. The van der Waals surface area contributed by atoms with Gasteiger partial charge in [0.15, 0.2) is 0 Å². The molecule has 94 valence electrons. The first-order valence-electron chi connectivity index (χ1n) is 5.37. The summed E-state index contributed by atoms with van der Waals surface area (Å²) >= 11 is 11.9. The van der Waals surface area contributed by atoms with Gasteiger partial charge in [0.25, 0.3) is 0 Å². The Balaban J connectivity index is 2.92. The second-order valence-electron chi connectivity index (χ2n) is 4.27. The monoisotopic (exact) mass is 274 g/mol. The van der Waals surface area contributed by atoms with Gasteiger partial charge in [0.1, 0.15) is 0 Å². The molecule has 0 saturated carbocycles. The van der Waals surface area contributed by atoms with Crippen LogP contribution in [0.2, 0.25) is 10.0 Å². The number of hydrogen-bond acceptors (Lipinski definition) is 1. The van der Waals surface area contributed by atoms with Crippen molar-refractivity contribution in [3.8, 4) is 0 Å². The zero-order chi connectivity index (χ0) is 13.1. The van der Waals surface area contributed by atoms with Crippen molar-refractivity contribution in [2.45, 2.75) is 26.3 Å². The maximum atomic E-state index is 11.5. The molecule has 0 radical (unpaired) electrons. The largest absolute Gasteiger partial charge is 0.338 e. The molecule has 17 heavy (non-hydrogen) atoms. The SMILES string of the molecule is CCNC(=O)NC(C)(C)c1cc(Cl)cc(Cl)c1. The highest BCUT2D eigenvalue weighted by Gasteiger charge is 2.23. The number of carbonyl (C=O) groups excluding carboxylic acids is 1. The number of rotatable bonds is 3. The summed E-state index contributed by atoms with van der Waals surface area (Å²) in [7, 11) is 0. The van der Waals surface area contributed by atoms with E-state index in [2.05, 4.69) is 10.6 Å². The zero-order valence-corrected chi connectivity index (χ0v) is 11.6. The first-order valence-corrected chi connectivity index (χ1v) is 6.13. The molecule has 0 bridgehead atoms. The van der Waals surface area contributed by atoms with Gasteiger partial charge >= 0.3 is 6.03 Å². The Kier molecular flexibility index (Phi) is 4.66. The Labute approximate surface area is 111 Å². The molecule has 0 unspecified atom stereocenters. The van der Waals surface area contributed by atoms with Crippen LogP contribution in [0.25, 0.3) is 0 Å². The van der Waals surface area contributed by atoms with Gasteiger partial charge in [-0.15, -0.1) is 0 Å². The van der Waals surface area contributed by atoms with Crippen LogP contribution in [-0.2, 0) is 5.54 Å². The number of carbonyl (C=O) groups is 1. The minimum Gasteiger partial charge on any atom is -0.338 e. The summed E-state index contributed by atoms with van der Waals surface area (Å²) < 4.78 is 0. The molecular weight excluding hydrogens is 259 g/mol. The van der Waals surface area contributed by atoms with E-state index < -0.39 is 5.54 Å². The number of hydrogen-bond donors (Lipinski definition) is 2. The number of benzene rings is 1. The molecule has 0 atom stereocenters. The molecule has 1 aromatic carbocycles. The normalized spacial score (nSPS) is 11.1. The van der Waals surface area contributed by atoms with E-state index in [1.807, 2.05) is 20.8 Å². The van der Waals surface area contributed by atoms with Crippen LogP contribution < -0.4 is 10.6 Å². The number of nitrogens with one attached hydrogen (secondary N) is 2. The quantitative estimate of drug-likeness (QED) is 0.870. The summed E-state index contributed by atoms with van der Waals surface area (Å²) in [6.07, 6.45) is 0. The van der Waals surface area contributed by atoms with Gasteiger partial charge in [-0.2, -0.15) is 0 Å². The average molecular weight is 275 g/mol. The van der Waals surface area contributed by atoms with E-state index in [1.165, 1.54) is 0 Å². The van der Waals surface area contributed by atoms with Gasteiger partial charge in [0, 0.05) is 16.6 Å². The van der Waals surface area contributed by atoms with Crippen molar-refractivity contribution >= 4 is 29.2 Å². The summed E-state index contributed by atoms with van der Waals surface area (Å²) in [6, 6.07) is 5.03. The van der Waals surface area contributed by atoms with E-state index in [-0.39, 0.29) is 6.03 Å². The van der Waals surface area contributed by atoms with Crippen molar-refractivity contribution in [3.05, 3.63) is 33.8 Å². The fraction of sp³-hybridized carbons (Fsp3) is 0.417. The van der Waals surface area contributed by atoms with Crippen molar-refractivity contribution in [3.63, 3.8) is 0 Å². The maximum Gasteiger partial charge on any atom is 0.315 e. The Bertz CT molecular complexity index is 399. The molecule has 0 aliphatic rings. The van der Waals surface area contributed by atoms with Crippen LogP contribution >= 0.6 is 23.2 Å². The van der Waals surface area contributed by atoms with E-state index in [0.29, 0.717) is 16.6 Å². The highest BCUT2D eigenvalue weighted by atomic mass is 35.5. The molecule has 1 aromatic rings. The average Bonchev–Trinajstić information content (AvgIpc) is 2.15. The topological polar surface area (TPSA) is 41.1 Å². The maximum absolute atomic E-state index is 11.5. The van der Waals surface area contributed by atoms with Crippen molar-refractivity contribution in [1.29, 1.82) is 0 Å². The summed E-state index contributed by atoms with van der Waals surface area (Å²) in [5, 5.41) is 6.65. The van der Waals surface area contributed by atoms with E-state index >= 15 is 0 Å². The molecule has 0 heterocycles. The molecule has 3 nitrogen and oxygen atoms in total. The minimum atomic E-state index is -0.534. The molecule has 2 N–H and O–H groups in total. The Hall–Kier alpha value is -0.930. The van der Waals surface area contributed by atoms with Crippen LogP contribution in [0.15, 0.2) is 18.2 Å². The van der Waals surface area contributed by atoms with Gasteiger partial charge in [0.2, 0.25) is 0 Å². The van der Waals surface area contributed by atoms with Crippen molar-refractivity contribution in [1.82, 2.24) is 10.6 Å². The molecule has 1 rings (SSSR count). The lowest BCUT2D eigenvalue weighted by atomic mass is 9.94. The molecule has 0 aliphatic heterocycles. The van der Waals surface area contributed by atoms with Gasteiger partial charge in [0.05, 0.1) is 5.54 Å². The second kappa shape index (κ2) is 5.61. The first-order chi connectivity index (χ1) is 7.85. The molecule has 0 spiro atoms. The smallest absolute Gasteiger partial charge is 0.315 e. The lowest BCUT2D eigenvalue weighted by Gasteiger charge is -2.27. The first kappa shape index (κ1) is 14.1. The van der Waals surface area contributed by atoms with Crippen LogP contribution in [0.1, 0.15) is 26.3 Å². The van der Waals surface area contributed by atoms with Gasteiger partial charge < -0.3 is 10.6 Å². The minimum absolute atomic E-state index is 0.214. The summed E-state index contributed by atoms with van der Waals surface area (Å²) in [5.41, 5.74) is 0.328. The zero-order valence-electron chi connectivity index (χ0n) is 10.1. The van der Waals surface area contributed by atoms with Crippen LogP contribution in [0.3, 0.4) is 0 Å². The number of urea groups is 1. The number of halogens is 2. The highest BCUT2D eigenvalue weighted by molar-refractivity contribution is 6.34. The fourth-order valence-corrected chi connectivity index (χ4v) is 2.00. The molecule has 0 saturated heterocycles. The molecule has 0 aliphatic carbocycles. The van der Waals surface area contributed by atoms with Crippen molar-refractivity contribution in [2.24, 2.45) is 0 Å². The third-order valence-electron chi connectivity index (χ3n) is 2.35. The van der Waals surface area contributed by atoms with Crippen molar-refractivity contribution < 1.29 is 4.79 Å². The standard InChI is InChI=1S/C12H16Cl2N2O/c1-4-15-11(17)16-12(2,3)8-5-9(13)7-10(14)6-8/h5-7H,4H2,1-3H3,(H2,15,16,17). The van der Waals surface area contributed by atoms with Gasteiger partial charge in [-0.3, -0.25) is 0 Å². The third kappa shape index (κ3) is 4.10. The second-order valence-corrected chi connectivity index (χ2v) is 5.14. The molecule has 0 fully saturated rings. The molecule has 0 aromatic heterocycles. The van der Waals surface area contributed by atoms with E-state index in [0.717, 1.165) is 5.56 Å². The third-order valence-corrected chi connectivity index (χ3v) is 2.78. The Morgan fingerprint density at radius 3 is 2.24 bits per heavy atom. The lowest BCUT2D eigenvalue weighted by Crippen LogP contribution is -2.46. The van der Waals surface area contributed by atoms with Crippen molar-refractivity contribution in [2.75, 3.05) is 6.54 Å². The molecule has 5 heteroatoms. The van der Waals surface area contributed by atoms with Crippen LogP contribution in [0.5, 0.6) is 0 Å². The van der Waals surface area contributed by atoms with Gasteiger partial charge in [-0.05, 0) is 44.5 Å². The fourth-order valence-electron chi connectivity index (χ4n) is 1.48. The molecule has 2 amide bonds. The number of amides is 2. The van der Waals surface area contributed by atoms with Gasteiger partial charge in [-0.25, -0.2) is 4.79 Å². The Morgan fingerprint density at radius 2 is 1.76 bits per heavy atom. The van der Waals surface area contributed by atoms with E-state index in [4.69, 9.17) is 23.2 Å². The van der Waals surface area contributed by atoms with E-state index in [9.17, 15) is 4.79 Å².